The van der Waals surface area contributed by atoms with Crippen molar-refractivity contribution in [2.45, 2.75) is 19.9 Å². The molecule has 3 heterocycles. The fraction of sp³-hybridized carbons (Fsp3) is 0.533. The molecule has 1 aliphatic heterocycles. The molecule has 0 saturated carbocycles. The lowest BCUT2D eigenvalue weighted by Gasteiger charge is -2.40. The number of nitrogens with zero attached hydrogens (tertiary/aromatic N) is 5. The standard InChI is InChI=1S/C15H22N6O2/c1-4-20-7-8-21(9-12(20)14-16-5-6-19(14)3)15(22)17-13-11(2)10-23-18-13/h5-6,10,12H,4,7-9H2,1-3H3,(H,17,18,22)/t12-/m0/s1. The summed E-state index contributed by atoms with van der Waals surface area (Å²) < 4.78 is 6.87. The van der Waals surface area contributed by atoms with E-state index in [9.17, 15) is 4.79 Å². The molecule has 0 bridgehead atoms. The number of piperazine rings is 1. The van der Waals surface area contributed by atoms with Crippen molar-refractivity contribution in [2.75, 3.05) is 31.5 Å². The molecule has 0 unspecified atom stereocenters. The molecule has 1 atom stereocenters. The van der Waals surface area contributed by atoms with Crippen molar-refractivity contribution >= 4 is 11.8 Å². The Kier molecular flexibility index (Phi) is 4.33. The van der Waals surface area contributed by atoms with E-state index in [4.69, 9.17) is 4.52 Å². The van der Waals surface area contributed by atoms with Crippen LogP contribution in [0.4, 0.5) is 10.6 Å². The largest absolute Gasteiger partial charge is 0.362 e. The minimum absolute atomic E-state index is 0.0953. The van der Waals surface area contributed by atoms with E-state index in [2.05, 4.69) is 27.3 Å². The fourth-order valence-electron chi connectivity index (χ4n) is 2.91. The molecule has 1 aliphatic rings. The highest BCUT2D eigenvalue weighted by Crippen LogP contribution is 2.24. The van der Waals surface area contributed by atoms with Gasteiger partial charge in [-0.25, -0.2) is 9.78 Å². The number of hydrogen-bond acceptors (Lipinski definition) is 5. The van der Waals surface area contributed by atoms with Crippen molar-refractivity contribution in [1.82, 2.24) is 24.5 Å². The maximum Gasteiger partial charge on any atom is 0.323 e. The van der Waals surface area contributed by atoms with E-state index in [0.717, 1.165) is 24.5 Å². The lowest BCUT2D eigenvalue weighted by atomic mass is 10.1. The predicted octanol–water partition coefficient (Wildman–Crippen LogP) is 1.63. The first-order valence-corrected chi connectivity index (χ1v) is 7.78. The molecule has 0 aliphatic carbocycles. The number of aromatic nitrogens is 3. The van der Waals surface area contributed by atoms with Crippen LogP contribution < -0.4 is 5.32 Å². The number of anilines is 1. The van der Waals surface area contributed by atoms with Crippen molar-refractivity contribution in [3.05, 3.63) is 30.0 Å². The van der Waals surface area contributed by atoms with Crippen molar-refractivity contribution < 1.29 is 9.32 Å². The van der Waals surface area contributed by atoms with Crippen LogP contribution in [-0.4, -0.2) is 56.7 Å². The zero-order chi connectivity index (χ0) is 16.4. The van der Waals surface area contributed by atoms with Gasteiger partial charge in [0.05, 0.1) is 6.04 Å². The number of urea groups is 1. The van der Waals surface area contributed by atoms with Gasteiger partial charge in [0, 0.05) is 44.6 Å². The number of carbonyl (C=O) groups is 1. The number of imidazole rings is 1. The lowest BCUT2D eigenvalue weighted by molar-refractivity contribution is 0.0926. The Labute approximate surface area is 135 Å². The minimum atomic E-state index is -0.156. The summed E-state index contributed by atoms with van der Waals surface area (Å²) in [6.07, 6.45) is 5.24. The summed E-state index contributed by atoms with van der Waals surface area (Å²) in [5.41, 5.74) is 0.811. The van der Waals surface area contributed by atoms with Crippen LogP contribution in [0.15, 0.2) is 23.2 Å². The van der Waals surface area contributed by atoms with Gasteiger partial charge >= 0.3 is 6.03 Å². The van der Waals surface area contributed by atoms with E-state index in [-0.39, 0.29) is 12.1 Å². The highest BCUT2D eigenvalue weighted by atomic mass is 16.5. The van der Waals surface area contributed by atoms with Crippen LogP contribution in [0.3, 0.4) is 0 Å². The van der Waals surface area contributed by atoms with Crippen LogP contribution in [0.1, 0.15) is 24.4 Å². The average Bonchev–Trinajstić information content (AvgIpc) is 3.15. The molecule has 3 rings (SSSR count). The molecule has 1 fully saturated rings. The first-order chi connectivity index (χ1) is 11.1. The third-order valence-corrected chi connectivity index (χ3v) is 4.31. The van der Waals surface area contributed by atoms with Gasteiger partial charge in [-0.15, -0.1) is 0 Å². The van der Waals surface area contributed by atoms with Crippen molar-refractivity contribution in [3.8, 4) is 0 Å². The Morgan fingerprint density at radius 1 is 1.48 bits per heavy atom. The molecular weight excluding hydrogens is 296 g/mol. The van der Waals surface area contributed by atoms with E-state index in [1.807, 2.05) is 24.7 Å². The summed E-state index contributed by atoms with van der Waals surface area (Å²) in [6.45, 7) is 7.00. The Morgan fingerprint density at radius 2 is 2.30 bits per heavy atom. The van der Waals surface area contributed by atoms with Crippen molar-refractivity contribution in [1.29, 1.82) is 0 Å². The predicted molar refractivity (Wildman–Crippen MR) is 85.0 cm³/mol. The first kappa shape index (κ1) is 15.5. The van der Waals surface area contributed by atoms with Crippen LogP contribution in [-0.2, 0) is 7.05 Å². The summed E-state index contributed by atoms with van der Waals surface area (Å²) in [7, 11) is 1.98. The van der Waals surface area contributed by atoms with Gasteiger partial charge < -0.3 is 14.0 Å². The quantitative estimate of drug-likeness (QED) is 0.930. The smallest absolute Gasteiger partial charge is 0.323 e. The first-order valence-electron chi connectivity index (χ1n) is 7.78. The van der Waals surface area contributed by atoms with Gasteiger partial charge in [-0.2, -0.15) is 0 Å². The maximum absolute atomic E-state index is 12.5. The molecule has 1 saturated heterocycles. The van der Waals surface area contributed by atoms with Crippen LogP contribution in [0.25, 0.3) is 0 Å². The van der Waals surface area contributed by atoms with E-state index >= 15 is 0 Å². The third-order valence-electron chi connectivity index (χ3n) is 4.31. The van der Waals surface area contributed by atoms with Gasteiger partial charge in [-0.3, -0.25) is 10.2 Å². The average molecular weight is 318 g/mol. The number of aryl methyl sites for hydroxylation is 2. The summed E-state index contributed by atoms with van der Waals surface area (Å²) in [5.74, 6) is 1.45. The Bertz CT molecular complexity index is 679. The Balaban J connectivity index is 1.73. The molecule has 2 amide bonds. The van der Waals surface area contributed by atoms with Gasteiger partial charge in [-0.05, 0) is 13.5 Å². The van der Waals surface area contributed by atoms with E-state index in [0.29, 0.717) is 18.9 Å². The van der Waals surface area contributed by atoms with Gasteiger partial charge in [0.1, 0.15) is 12.1 Å². The highest BCUT2D eigenvalue weighted by Gasteiger charge is 2.32. The molecule has 0 aromatic carbocycles. The third kappa shape index (κ3) is 3.07. The second-order valence-electron chi connectivity index (χ2n) is 5.76. The summed E-state index contributed by atoms with van der Waals surface area (Å²) in [6, 6.07) is -0.0603. The van der Waals surface area contributed by atoms with Crippen LogP contribution in [0.2, 0.25) is 0 Å². The molecule has 0 spiro atoms. The van der Waals surface area contributed by atoms with Crippen LogP contribution in [0.5, 0.6) is 0 Å². The Morgan fingerprint density at radius 3 is 2.91 bits per heavy atom. The van der Waals surface area contributed by atoms with Crippen molar-refractivity contribution in [2.24, 2.45) is 7.05 Å². The summed E-state index contributed by atoms with van der Waals surface area (Å²) in [5, 5.41) is 6.61. The van der Waals surface area contributed by atoms with Crippen LogP contribution in [0, 0.1) is 6.92 Å². The molecule has 1 N–H and O–H groups in total. The van der Waals surface area contributed by atoms with E-state index in [1.165, 1.54) is 6.26 Å². The molecule has 8 nitrogen and oxygen atoms in total. The molecule has 2 aromatic rings. The number of amides is 2. The number of likely N-dealkylation sites (N-methyl/N-ethyl adjacent to an activating group) is 1. The summed E-state index contributed by atoms with van der Waals surface area (Å²) >= 11 is 0. The number of nitrogens with one attached hydrogen (secondary N) is 1. The molecular formula is C15H22N6O2. The van der Waals surface area contributed by atoms with Gasteiger partial charge in [0.2, 0.25) is 0 Å². The van der Waals surface area contributed by atoms with Gasteiger partial charge in [0.25, 0.3) is 0 Å². The monoisotopic (exact) mass is 318 g/mol. The van der Waals surface area contributed by atoms with Gasteiger partial charge in [-0.1, -0.05) is 12.1 Å². The SMILES string of the molecule is CCN1CCN(C(=O)Nc2nocc2C)C[C@H]1c1nccn1C. The highest BCUT2D eigenvalue weighted by molar-refractivity contribution is 5.89. The zero-order valence-electron chi connectivity index (χ0n) is 13.7. The van der Waals surface area contributed by atoms with Crippen molar-refractivity contribution in [3.63, 3.8) is 0 Å². The molecule has 23 heavy (non-hydrogen) atoms. The normalized spacial score (nSPS) is 19.1. The zero-order valence-corrected chi connectivity index (χ0v) is 13.7. The summed E-state index contributed by atoms with van der Waals surface area (Å²) in [4.78, 5) is 21.1. The number of rotatable bonds is 3. The molecule has 124 valence electrons. The molecule has 0 radical (unpaired) electrons. The van der Waals surface area contributed by atoms with E-state index < -0.39 is 0 Å². The fourth-order valence-corrected chi connectivity index (χ4v) is 2.91. The van der Waals surface area contributed by atoms with E-state index in [1.54, 1.807) is 11.1 Å². The Hall–Kier alpha value is -2.35. The molecule has 8 heteroatoms. The number of hydrogen-bond donors (Lipinski definition) is 1. The molecule has 2 aromatic heterocycles. The second kappa shape index (κ2) is 6.41. The second-order valence-corrected chi connectivity index (χ2v) is 5.76. The van der Waals surface area contributed by atoms with Crippen LogP contribution >= 0.6 is 0 Å². The maximum atomic E-state index is 12.5. The number of carbonyl (C=O) groups excluding carboxylic acids is 1. The minimum Gasteiger partial charge on any atom is -0.362 e. The lowest BCUT2D eigenvalue weighted by Crippen LogP contribution is -2.52. The van der Waals surface area contributed by atoms with Gasteiger partial charge in [0.15, 0.2) is 5.82 Å². The topological polar surface area (TPSA) is 79.4 Å².